The van der Waals surface area contributed by atoms with Crippen LogP contribution in [0.4, 0.5) is 0 Å². The van der Waals surface area contributed by atoms with Crippen LogP contribution in [0.5, 0.6) is 0 Å². The summed E-state index contributed by atoms with van der Waals surface area (Å²) in [5.74, 6) is 7.50. The first kappa shape index (κ1) is 27.9. The zero-order valence-corrected chi connectivity index (χ0v) is 28.8. The molecule has 214 valence electrons. The number of aryl methyl sites for hydroxylation is 2. The minimum atomic E-state index is -2.18. The van der Waals surface area contributed by atoms with Crippen molar-refractivity contribution in [1.29, 1.82) is 0 Å². The van der Waals surface area contributed by atoms with Crippen molar-refractivity contribution in [3.8, 4) is 16.9 Å². The van der Waals surface area contributed by atoms with E-state index in [9.17, 15) is 0 Å². The van der Waals surface area contributed by atoms with Gasteiger partial charge in [-0.25, -0.2) is 0 Å². The molecule has 0 N–H and O–H groups in total. The van der Waals surface area contributed by atoms with Gasteiger partial charge in [0.05, 0.1) is 0 Å². The molecule has 0 amide bonds. The maximum absolute atomic E-state index is 2.53. The Bertz CT molecular complexity index is 2220. The van der Waals surface area contributed by atoms with E-state index < -0.39 is 13.3 Å². The molecule has 43 heavy (non-hydrogen) atoms. The number of rotatable bonds is 3. The number of benzene rings is 5. The Labute approximate surface area is 258 Å². The summed E-state index contributed by atoms with van der Waals surface area (Å²) < 4.78 is 6.38. The molecule has 3 heteroatoms. The van der Waals surface area contributed by atoms with Gasteiger partial charge in [-0.05, 0) is 0 Å². The minimum absolute atomic E-state index is 0.0319. The van der Waals surface area contributed by atoms with Crippen molar-refractivity contribution in [3.63, 3.8) is 0 Å². The summed E-state index contributed by atoms with van der Waals surface area (Å²) in [6, 6.07) is 36.6. The Morgan fingerprint density at radius 3 is 2.07 bits per heavy atom. The van der Waals surface area contributed by atoms with Gasteiger partial charge in [-0.1, -0.05) is 39.0 Å². The van der Waals surface area contributed by atoms with E-state index in [-0.39, 0.29) is 5.41 Å². The molecule has 0 aliphatic rings. The van der Waals surface area contributed by atoms with Crippen LogP contribution >= 0.6 is 0 Å². The number of aromatic nitrogens is 2. The molecular weight excluding hydrogens is 581 g/mol. The van der Waals surface area contributed by atoms with Gasteiger partial charge in [0.15, 0.2) is 0 Å². The van der Waals surface area contributed by atoms with E-state index in [0.717, 1.165) is 0 Å². The predicted octanol–water partition coefficient (Wildman–Crippen LogP) is 9.73. The Balaban J connectivity index is 1.53. The molecule has 7 aromatic rings. The van der Waals surface area contributed by atoms with Gasteiger partial charge in [0.25, 0.3) is 0 Å². The van der Waals surface area contributed by atoms with Crippen LogP contribution in [0.25, 0.3) is 60.3 Å². The molecule has 0 saturated heterocycles. The average Bonchev–Trinajstić information content (AvgIpc) is 3.31. The van der Waals surface area contributed by atoms with Crippen molar-refractivity contribution in [2.24, 2.45) is 7.05 Å². The predicted molar refractivity (Wildman–Crippen MR) is 189 cm³/mol. The summed E-state index contributed by atoms with van der Waals surface area (Å²) in [6.07, 6.45) is 2.23. The molecule has 0 saturated carbocycles. The van der Waals surface area contributed by atoms with Crippen LogP contribution in [0.3, 0.4) is 0 Å². The van der Waals surface area contributed by atoms with Crippen molar-refractivity contribution in [2.45, 2.75) is 50.4 Å². The number of fused-ring (bicyclic) bond motifs is 5. The summed E-state index contributed by atoms with van der Waals surface area (Å²) in [7, 11) is 2.18. The third-order valence-corrected chi connectivity index (χ3v) is 13.5. The fourth-order valence-corrected chi connectivity index (χ4v) is 10.4. The van der Waals surface area contributed by atoms with Crippen LogP contribution in [-0.4, -0.2) is 17.8 Å². The van der Waals surface area contributed by atoms with E-state index in [4.69, 9.17) is 0 Å². The molecule has 0 bridgehead atoms. The van der Waals surface area contributed by atoms with E-state index in [0.29, 0.717) is 0 Å². The van der Waals surface area contributed by atoms with E-state index in [1.165, 1.54) is 71.4 Å². The van der Waals surface area contributed by atoms with Crippen LogP contribution in [0.15, 0.2) is 103 Å². The molecule has 2 aromatic heterocycles. The second-order valence-corrected chi connectivity index (χ2v) is 24.8. The van der Waals surface area contributed by atoms with Gasteiger partial charge < -0.3 is 0 Å². The summed E-state index contributed by atoms with van der Waals surface area (Å²) in [6.45, 7) is 9.26. The number of hydrogen-bond donors (Lipinski definition) is 0. The summed E-state index contributed by atoms with van der Waals surface area (Å²) >= 11 is -2.18. The standard InChI is InChI=1S/C40H41GeN2/c1-26-29-14-9-10-15-31(29)35(40(2,3)4)25-34(26)38-30-21-20-28(24-27(30)22-23-42(38)8)43-37-19-12-11-16-32(37)33-17-13-18-36(39(33)43)41(5,6)7/h9-25H,1-8H3/q+1. The van der Waals surface area contributed by atoms with E-state index in [1.54, 1.807) is 4.40 Å². The topological polar surface area (TPSA) is 8.81 Å². The maximum atomic E-state index is 2.53. The first-order valence-corrected chi connectivity index (χ1v) is 22.8. The van der Waals surface area contributed by atoms with Crippen LogP contribution in [0.1, 0.15) is 31.9 Å². The number of pyridine rings is 1. The van der Waals surface area contributed by atoms with Gasteiger partial charge in [0, 0.05) is 0 Å². The first-order valence-electron chi connectivity index (χ1n) is 15.4. The Hall–Kier alpha value is -3.89. The quantitative estimate of drug-likeness (QED) is 0.137. The third-order valence-electron chi connectivity index (χ3n) is 9.26. The van der Waals surface area contributed by atoms with Crippen molar-refractivity contribution >= 4 is 61.0 Å². The molecular formula is C40H41GeN2+. The van der Waals surface area contributed by atoms with Crippen molar-refractivity contribution in [3.05, 3.63) is 114 Å². The number of nitrogens with zero attached hydrogens (tertiary/aromatic N) is 2. The molecule has 0 atom stereocenters. The summed E-state index contributed by atoms with van der Waals surface area (Å²) in [5, 5.41) is 7.91. The normalized spacial score (nSPS) is 12.7. The van der Waals surface area contributed by atoms with E-state index in [2.05, 4.69) is 164 Å². The Morgan fingerprint density at radius 2 is 1.35 bits per heavy atom. The Kier molecular flexibility index (Phi) is 6.38. The van der Waals surface area contributed by atoms with Crippen molar-refractivity contribution < 1.29 is 4.57 Å². The monoisotopic (exact) mass is 623 g/mol. The Morgan fingerprint density at radius 1 is 0.674 bits per heavy atom. The third kappa shape index (κ3) is 4.41. The van der Waals surface area contributed by atoms with Gasteiger partial charge >= 0.3 is 220 Å². The molecule has 0 aliphatic heterocycles. The molecule has 0 spiro atoms. The zero-order chi connectivity index (χ0) is 30.3. The van der Waals surface area contributed by atoms with Crippen LogP contribution in [0, 0.1) is 6.92 Å². The van der Waals surface area contributed by atoms with Crippen molar-refractivity contribution in [2.75, 3.05) is 0 Å². The van der Waals surface area contributed by atoms with Gasteiger partial charge in [-0.3, -0.25) is 0 Å². The zero-order valence-electron chi connectivity index (χ0n) is 26.7. The molecule has 5 aromatic carbocycles. The molecule has 2 heterocycles. The fourth-order valence-electron chi connectivity index (χ4n) is 7.11. The van der Waals surface area contributed by atoms with Crippen molar-refractivity contribution in [1.82, 2.24) is 4.57 Å². The molecule has 0 aliphatic carbocycles. The molecule has 0 radical (unpaired) electrons. The second kappa shape index (κ2) is 9.82. The van der Waals surface area contributed by atoms with Gasteiger partial charge in [0.1, 0.15) is 0 Å². The van der Waals surface area contributed by atoms with E-state index in [1.807, 2.05) is 0 Å². The van der Waals surface area contributed by atoms with Gasteiger partial charge in [-0.2, -0.15) is 0 Å². The van der Waals surface area contributed by atoms with Crippen LogP contribution in [-0.2, 0) is 12.5 Å². The molecule has 0 fully saturated rings. The summed E-state index contributed by atoms with van der Waals surface area (Å²) in [4.78, 5) is 0. The fraction of sp³-hybridized carbons (Fsp3) is 0.225. The van der Waals surface area contributed by atoms with Gasteiger partial charge in [0.2, 0.25) is 0 Å². The molecule has 7 rings (SSSR count). The molecule has 0 unspecified atom stereocenters. The van der Waals surface area contributed by atoms with Crippen LogP contribution < -0.4 is 8.96 Å². The second-order valence-electron chi connectivity index (χ2n) is 14.2. The van der Waals surface area contributed by atoms with Gasteiger partial charge in [-0.15, -0.1) is 0 Å². The first-order chi connectivity index (χ1) is 20.4. The van der Waals surface area contributed by atoms with Crippen LogP contribution in [0.2, 0.25) is 17.3 Å². The summed E-state index contributed by atoms with van der Waals surface area (Å²) in [5.41, 5.74) is 9.22. The average molecular weight is 622 g/mol. The number of hydrogen-bond acceptors (Lipinski definition) is 0. The SMILES string of the molecule is Cc1c(-c2c3ccc(-n4c5ccccc5c5ccc[c]([Ge]([CH3])([CH3])[CH3])c54)cc3cc[n+]2C)cc(C(C)(C)C)c2ccccc12. The number of para-hydroxylation sites is 2. The molecule has 2 nitrogen and oxygen atoms in total. The van der Waals surface area contributed by atoms with E-state index >= 15 is 0 Å².